The van der Waals surface area contributed by atoms with Gasteiger partial charge in [-0.05, 0) is 12.5 Å². The van der Waals surface area contributed by atoms with Crippen LogP contribution >= 0.6 is 11.6 Å². The molecule has 2 N–H and O–H groups in total. The molecule has 1 aromatic carbocycles. The van der Waals surface area contributed by atoms with Gasteiger partial charge in [-0.15, -0.1) is 0 Å². The first-order chi connectivity index (χ1) is 11.3. The van der Waals surface area contributed by atoms with Gasteiger partial charge in [-0.25, -0.2) is 15.4 Å². The summed E-state index contributed by atoms with van der Waals surface area (Å²) in [4.78, 5) is 8.79. The van der Waals surface area contributed by atoms with Crippen molar-refractivity contribution in [1.82, 2.24) is 15.4 Å². The molecule has 23 heavy (non-hydrogen) atoms. The van der Waals surface area contributed by atoms with Crippen molar-refractivity contribution >= 4 is 17.4 Å². The second-order valence-electron chi connectivity index (χ2n) is 5.05. The van der Waals surface area contributed by atoms with Crippen LogP contribution in [0.5, 0.6) is 0 Å². The van der Waals surface area contributed by atoms with Gasteiger partial charge in [-0.3, -0.25) is 0 Å². The number of halogens is 1. The van der Waals surface area contributed by atoms with Crippen molar-refractivity contribution in [3.8, 4) is 11.4 Å². The molecule has 2 aromatic rings. The summed E-state index contributed by atoms with van der Waals surface area (Å²) in [5.41, 5.74) is 8.47. The highest BCUT2D eigenvalue weighted by Gasteiger charge is 2.11. The number of hydrogen-bond donors (Lipinski definition) is 2. The highest BCUT2D eigenvalue weighted by Crippen LogP contribution is 2.20. The summed E-state index contributed by atoms with van der Waals surface area (Å²) in [7, 11) is 0. The average Bonchev–Trinajstić information content (AvgIpc) is 2.60. The van der Waals surface area contributed by atoms with Crippen LogP contribution in [0.3, 0.4) is 0 Å². The van der Waals surface area contributed by atoms with Crippen LogP contribution in [-0.2, 0) is 0 Å². The summed E-state index contributed by atoms with van der Waals surface area (Å²) in [5, 5.41) is 0.397. The van der Waals surface area contributed by atoms with Crippen LogP contribution in [0.15, 0.2) is 72.4 Å². The van der Waals surface area contributed by atoms with E-state index in [0.717, 1.165) is 5.56 Å². The normalized spacial score (nSPS) is 18.3. The van der Waals surface area contributed by atoms with Gasteiger partial charge in [0.05, 0.1) is 6.04 Å². The molecule has 0 fully saturated rings. The van der Waals surface area contributed by atoms with Gasteiger partial charge < -0.3 is 5.43 Å². The lowest BCUT2D eigenvalue weighted by molar-refractivity contribution is 0.743. The topological polar surface area (TPSA) is 49.8 Å². The molecule has 0 saturated carbocycles. The Balaban J connectivity index is 1.77. The lowest BCUT2D eigenvalue weighted by Gasteiger charge is -2.19. The van der Waals surface area contributed by atoms with Crippen LogP contribution in [0.1, 0.15) is 6.92 Å². The van der Waals surface area contributed by atoms with Gasteiger partial charge in [0.2, 0.25) is 0 Å². The number of nitrogens with zero attached hydrogens (tertiary/aromatic N) is 2. The Bertz CT molecular complexity index is 766. The van der Waals surface area contributed by atoms with Crippen LogP contribution in [0, 0.1) is 0 Å². The molecule has 0 saturated heterocycles. The molecule has 1 aliphatic rings. The Morgan fingerprint density at radius 1 is 1.13 bits per heavy atom. The van der Waals surface area contributed by atoms with Crippen molar-refractivity contribution < 1.29 is 0 Å². The second-order valence-corrected chi connectivity index (χ2v) is 5.43. The largest absolute Gasteiger partial charge is 0.305 e. The molecule has 116 valence electrons. The van der Waals surface area contributed by atoms with Gasteiger partial charge in [0, 0.05) is 11.6 Å². The second kappa shape index (κ2) is 7.22. The van der Waals surface area contributed by atoms with Gasteiger partial charge in [-0.2, -0.15) is 0 Å². The summed E-state index contributed by atoms with van der Waals surface area (Å²) < 4.78 is 0. The molecule has 0 radical (unpaired) electrons. The number of anilines is 1. The van der Waals surface area contributed by atoms with E-state index in [4.69, 9.17) is 11.6 Å². The van der Waals surface area contributed by atoms with Crippen LogP contribution in [0.2, 0.25) is 5.15 Å². The Morgan fingerprint density at radius 3 is 2.74 bits per heavy atom. The molecule has 0 aliphatic heterocycles. The molecule has 0 amide bonds. The van der Waals surface area contributed by atoms with E-state index in [1.54, 1.807) is 6.07 Å². The van der Waals surface area contributed by atoms with Gasteiger partial charge in [0.1, 0.15) is 11.0 Å². The Labute approximate surface area is 140 Å². The van der Waals surface area contributed by atoms with E-state index in [2.05, 4.69) is 39.0 Å². The van der Waals surface area contributed by atoms with Crippen LogP contribution < -0.4 is 10.9 Å². The van der Waals surface area contributed by atoms with Crippen LogP contribution in [0.4, 0.5) is 5.82 Å². The monoisotopic (exact) mass is 324 g/mol. The maximum atomic E-state index is 6.12. The quantitative estimate of drug-likeness (QED) is 0.655. The summed E-state index contributed by atoms with van der Waals surface area (Å²) >= 11 is 6.12. The third kappa shape index (κ3) is 3.86. The van der Waals surface area contributed by atoms with Gasteiger partial charge in [-0.1, -0.05) is 72.3 Å². The summed E-state index contributed by atoms with van der Waals surface area (Å²) in [5.74, 6) is 1.22. The fourth-order valence-corrected chi connectivity index (χ4v) is 2.50. The number of hydrazine groups is 1. The molecule has 3 rings (SSSR count). The van der Waals surface area contributed by atoms with Crippen molar-refractivity contribution in [1.29, 1.82) is 0 Å². The minimum absolute atomic E-state index is 0.0823. The molecule has 5 heteroatoms. The average molecular weight is 325 g/mol. The number of aromatic nitrogens is 2. The van der Waals surface area contributed by atoms with E-state index >= 15 is 0 Å². The zero-order valence-electron chi connectivity index (χ0n) is 12.7. The Morgan fingerprint density at radius 2 is 1.96 bits per heavy atom. The number of allylic oxidation sites excluding steroid dienone is 3. The molecule has 0 spiro atoms. The lowest BCUT2D eigenvalue weighted by Crippen LogP contribution is -2.34. The van der Waals surface area contributed by atoms with Crippen molar-refractivity contribution in [3.63, 3.8) is 0 Å². The predicted octanol–water partition coefficient (Wildman–Crippen LogP) is 4.15. The van der Waals surface area contributed by atoms with E-state index in [-0.39, 0.29) is 6.04 Å². The zero-order valence-corrected chi connectivity index (χ0v) is 13.5. The predicted molar refractivity (Wildman–Crippen MR) is 95.1 cm³/mol. The summed E-state index contributed by atoms with van der Waals surface area (Å²) in [6, 6.07) is 11.5. The zero-order chi connectivity index (χ0) is 16.1. The van der Waals surface area contributed by atoms with E-state index in [1.807, 2.05) is 49.4 Å². The molecule has 4 nitrogen and oxygen atoms in total. The first-order valence-corrected chi connectivity index (χ1v) is 7.76. The van der Waals surface area contributed by atoms with E-state index in [9.17, 15) is 0 Å². The maximum absolute atomic E-state index is 6.12. The summed E-state index contributed by atoms with van der Waals surface area (Å²) in [6.45, 7) is 2.02. The minimum atomic E-state index is 0.0823. The SMILES string of the molecule is CC=C1C=CC=CC1NNc1cc(Cl)nc(-c2ccccc2)n1. The van der Waals surface area contributed by atoms with E-state index in [1.165, 1.54) is 5.57 Å². The molecular formula is C18H17ClN4. The molecule has 1 aliphatic carbocycles. The van der Waals surface area contributed by atoms with Gasteiger partial charge in [0.15, 0.2) is 5.82 Å². The summed E-state index contributed by atoms with van der Waals surface area (Å²) in [6.07, 6.45) is 10.2. The van der Waals surface area contributed by atoms with Crippen molar-refractivity contribution in [2.45, 2.75) is 13.0 Å². The highest BCUT2D eigenvalue weighted by molar-refractivity contribution is 6.29. The van der Waals surface area contributed by atoms with E-state index < -0.39 is 0 Å². The van der Waals surface area contributed by atoms with Crippen molar-refractivity contribution in [2.75, 3.05) is 5.43 Å². The number of rotatable bonds is 4. The maximum Gasteiger partial charge on any atom is 0.163 e. The number of hydrogen-bond acceptors (Lipinski definition) is 4. The minimum Gasteiger partial charge on any atom is -0.305 e. The fourth-order valence-electron chi connectivity index (χ4n) is 2.31. The molecule has 1 atom stereocenters. The van der Waals surface area contributed by atoms with Crippen molar-refractivity contribution in [2.24, 2.45) is 0 Å². The van der Waals surface area contributed by atoms with Crippen molar-refractivity contribution in [3.05, 3.63) is 77.5 Å². The third-order valence-electron chi connectivity index (χ3n) is 3.48. The lowest BCUT2D eigenvalue weighted by atomic mass is 10.0. The Hall–Kier alpha value is -2.43. The Kier molecular flexibility index (Phi) is 4.86. The van der Waals surface area contributed by atoms with Gasteiger partial charge >= 0.3 is 0 Å². The molecule has 1 heterocycles. The van der Waals surface area contributed by atoms with Crippen LogP contribution in [0.25, 0.3) is 11.4 Å². The standard InChI is InChI=1S/C18H17ClN4/c1-2-13-8-6-7-11-15(13)22-23-17-12-16(19)20-18(21-17)14-9-4-3-5-10-14/h2-12,15,22H,1H3,(H,20,21,23). The van der Waals surface area contributed by atoms with Crippen LogP contribution in [-0.4, -0.2) is 16.0 Å². The first kappa shape index (κ1) is 15.5. The molecule has 1 aromatic heterocycles. The fraction of sp³-hybridized carbons (Fsp3) is 0.111. The smallest absolute Gasteiger partial charge is 0.163 e. The molecule has 0 bridgehead atoms. The number of benzene rings is 1. The third-order valence-corrected chi connectivity index (χ3v) is 3.67. The molecule has 1 unspecified atom stereocenters. The first-order valence-electron chi connectivity index (χ1n) is 7.39. The van der Waals surface area contributed by atoms with E-state index in [0.29, 0.717) is 16.8 Å². The van der Waals surface area contributed by atoms with Gasteiger partial charge in [0.25, 0.3) is 0 Å². The molecular weight excluding hydrogens is 308 g/mol. The highest BCUT2D eigenvalue weighted by atomic mass is 35.5. The number of nitrogens with one attached hydrogen (secondary N) is 2.